The molecular weight excluding hydrogens is 428 g/mol. The highest BCUT2D eigenvalue weighted by molar-refractivity contribution is 5.73. The molecule has 0 saturated carbocycles. The van der Waals surface area contributed by atoms with Crippen molar-refractivity contribution in [2.75, 3.05) is 0 Å². The van der Waals surface area contributed by atoms with Crippen molar-refractivity contribution in [3.05, 3.63) is 132 Å². The first kappa shape index (κ1) is 22.7. The molecule has 0 aliphatic heterocycles. The summed E-state index contributed by atoms with van der Waals surface area (Å²) in [5.41, 5.74) is 5.80. The van der Waals surface area contributed by atoms with Gasteiger partial charge in [0.05, 0.1) is 0 Å². The van der Waals surface area contributed by atoms with Crippen LogP contribution in [-0.4, -0.2) is 10.2 Å². The van der Waals surface area contributed by atoms with Crippen LogP contribution in [0.25, 0.3) is 22.3 Å². The molecule has 0 aromatic heterocycles. The largest absolute Gasteiger partial charge is 0.507 e. The van der Waals surface area contributed by atoms with E-state index in [1.165, 1.54) is 0 Å². The van der Waals surface area contributed by atoms with Gasteiger partial charge in [0.25, 0.3) is 0 Å². The van der Waals surface area contributed by atoms with E-state index in [0.29, 0.717) is 0 Å². The maximum atomic E-state index is 10.7. The molecule has 4 aromatic rings. The first-order valence-corrected chi connectivity index (χ1v) is 12.1. The van der Waals surface area contributed by atoms with Crippen molar-refractivity contribution in [3.8, 4) is 33.8 Å². The van der Waals surface area contributed by atoms with Crippen LogP contribution in [0, 0.1) is 11.3 Å². The molecule has 0 fully saturated rings. The quantitative estimate of drug-likeness (QED) is 0.315. The third kappa shape index (κ3) is 4.52. The van der Waals surface area contributed by atoms with E-state index < -0.39 is 0 Å². The summed E-state index contributed by atoms with van der Waals surface area (Å²) in [5, 5.41) is 21.4. The standard InChI is InChI=1S/C33H30O2/c1-33(2)20-10-9-15-29(33)32(25-16-18-30(34)27(21-25)23-11-5-3-6-12-23)26-17-19-31(35)28(22-26)24-13-7-4-8-14-24/h3-22,29,32,34-35H,1-2H3. The Morgan fingerprint density at radius 2 is 1.11 bits per heavy atom. The van der Waals surface area contributed by atoms with Crippen molar-refractivity contribution in [2.24, 2.45) is 11.3 Å². The van der Waals surface area contributed by atoms with Crippen LogP contribution in [0.3, 0.4) is 0 Å². The monoisotopic (exact) mass is 458 g/mol. The molecule has 0 radical (unpaired) electrons. The second-order valence-electron chi connectivity index (χ2n) is 9.85. The molecule has 0 saturated heterocycles. The molecule has 0 bridgehead atoms. The van der Waals surface area contributed by atoms with Crippen molar-refractivity contribution in [1.29, 1.82) is 0 Å². The molecule has 0 amide bonds. The van der Waals surface area contributed by atoms with Crippen molar-refractivity contribution in [3.63, 3.8) is 0 Å². The lowest BCUT2D eigenvalue weighted by molar-refractivity contribution is 0.309. The van der Waals surface area contributed by atoms with Gasteiger partial charge in [0, 0.05) is 17.0 Å². The minimum Gasteiger partial charge on any atom is -0.507 e. The van der Waals surface area contributed by atoms with Crippen LogP contribution in [0.5, 0.6) is 11.5 Å². The van der Waals surface area contributed by atoms with Crippen molar-refractivity contribution < 1.29 is 10.2 Å². The number of hydrogen-bond donors (Lipinski definition) is 2. The second kappa shape index (κ2) is 9.31. The Hall–Kier alpha value is -4.04. The lowest BCUT2D eigenvalue weighted by Gasteiger charge is -2.38. The predicted octanol–water partition coefficient (Wildman–Crippen LogP) is 8.33. The zero-order valence-corrected chi connectivity index (χ0v) is 20.1. The Kier molecular flexibility index (Phi) is 6.05. The van der Waals surface area contributed by atoms with E-state index in [1.54, 1.807) is 12.1 Å². The predicted molar refractivity (Wildman–Crippen MR) is 144 cm³/mol. The van der Waals surface area contributed by atoms with Gasteiger partial charge in [0.15, 0.2) is 0 Å². The van der Waals surface area contributed by atoms with E-state index in [0.717, 1.165) is 33.4 Å². The minimum atomic E-state index is -0.0744. The summed E-state index contributed by atoms with van der Waals surface area (Å²) in [4.78, 5) is 0. The van der Waals surface area contributed by atoms with E-state index in [-0.39, 0.29) is 28.7 Å². The maximum absolute atomic E-state index is 10.7. The molecule has 1 aliphatic carbocycles. The van der Waals surface area contributed by atoms with Gasteiger partial charge in [-0.15, -0.1) is 0 Å². The van der Waals surface area contributed by atoms with E-state index in [2.05, 4.69) is 50.3 Å². The highest BCUT2D eigenvalue weighted by atomic mass is 16.3. The van der Waals surface area contributed by atoms with Crippen LogP contribution in [0.1, 0.15) is 30.9 Å². The third-order valence-electron chi connectivity index (χ3n) is 7.10. The van der Waals surface area contributed by atoms with Crippen LogP contribution < -0.4 is 0 Å². The number of rotatable bonds is 5. The fourth-order valence-corrected chi connectivity index (χ4v) is 5.19. The topological polar surface area (TPSA) is 40.5 Å². The molecule has 2 heteroatoms. The van der Waals surface area contributed by atoms with Crippen molar-refractivity contribution in [1.82, 2.24) is 0 Å². The number of hydrogen-bond acceptors (Lipinski definition) is 2. The first-order chi connectivity index (χ1) is 16.9. The zero-order chi connectivity index (χ0) is 24.4. The van der Waals surface area contributed by atoms with Crippen LogP contribution in [0.2, 0.25) is 0 Å². The van der Waals surface area contributed by atoms with Crippen LogP contribution in [-0.2, 0) is 0 Å². The third-order valence-corrected chi connectivity index (χ3v) is 7.10. The maximum Gasteiger partial charge on any atom is 0.123 e. The molecule has 2 N–H and O–H groups in total. The van der Waals surface area contributed by atoms with Gasteiger partial charge < -0.3 is 10.2 Å². The molecule has 1 aliphatic rings. The number of aromatic hydroxyl groups is 2. The zero-order valence-electron chi connectivity index (χ0n) is 20.1. The molecule has 0 spiro atoms. The summed E-state index contributed by atoms with van der Waals surface area (Å²) < 4.78 is 0. The number of phenols is 2. The Balaban J connectivity index is 1.69. The SMILES string of the molecule is CC1(C)C=CC=CC1C(c1ccc(O)c(-c2ccccc2)c1)c1ccc(O)c(-c2ccccc2)c1. The molecule has 174 valence electrons. The molecular formula is C33H30O2. The Morgan fingerprint density at radius 3 is 1.57 bits per heavy atom. The number of phenolic OH excluding ortho intramolecular Hbond substituents is 2. The summed E-state index contributed by atoms with van der Waals surface area (Å²) in [5.74, 6) is 0.756. The van der Waals surface area contributed by atoms with Crippen molar-refractivity contribution in [2.45, 2.75) is 19.8 Å². The highest BCUT2D eigenvalue weighted by Crippen LogP contribution is 2.48. The Morgan fingerprint density at radius 1 is 0.629 bits per heavy atom. The van der Waals surface area contributed by atoms with E-state index >= 15 is 0 Å². The molecule has 0 heterocycles. The van der Waals surface area contributed by atoms with E-state index in [1.807, 2.05) is 72.8 Å². The van der Waals surface area contributed by atoms with E-state index in [4.69, 9.17) is 0 Å². The van der Waals surface area contributed by atoms with Gasteiger partial charge in [-0.1, -0.05) is 111 Å². The molecule has 2 nitrogen and oxygen atoms in total. The van der Waals surface area contributed by atoms with Gasteiger partial charge in [-0.25, -0.2) is 0 Å². The Bertz CT molecular complexity index is 1290. The molecule has 1 atom stereocenters. The average Bonchev–Trinajstić information content (AvgIpc) is 2.88. The van der Waals surface area contributed by atoms with Gasteiger partial charge >= 0.3 is 0 Å². The van der Waals surface area contributed by atoms with Crippen molar-refractivity contribution >= 4 is 0 Å². The first-order valence-electron chi connectivity index (χ1n) is 12.1. The molecule has 1 unspecified atom stereocenters. The molecule has 35 heavy (non-hydrogen) atoms. The fourth-order valence-electron chi connectivity index (χ4n) is 5.19. The second-order valence-corrected chi connectivity index (χ2v) is 9.85. The van der Waals surface area contributed by atoms with Crippen LogP contribution >= 0.6 is 0 Å². The summed E-state index contributed by atoms with van der Waals surface area (Å²) in [6, 6.07) is 31.9. The summed E-state index contributed by atoms with van der Waals surface area (Å²) in [6.07, 6.45) is 8.79. The van der Waals surface area contributed by atoms with E-state index in [9.17, 15) is 10.2 Å². The minimum absolute atomic E-state index is 0.0253. The van der Waals surface area contributed by atoms with Gasteiger partial charge in [0.1, 0.15) is 11.5 Å². The van der Waals surface area contributed by atoms with Gasteiger partial charge in [-0.2, -0.15) is 0 Å². The van der Waals surface area contributed by atoms with Gasteiger partial charge in [-0.3, -0.25) is 0 Å². The fraction of sp³-hybridized carbons (Fsp3) is 0.152. The lowest BCUT2D eigenvalue weighted by Crippen LogP contribution is -2.28. The van der Waals surface area contributed by atoms with Crippen LogP contribution in [0.15, 0.2) is 121 Å². The normalized spacial score (nSPS) is 16.5. The molecule has 4 aromatic carbocycles. The van der Waals surface area contributed by atoms with Gasteiger partial charge in [-0.05, 0) is 57.9 Å². The molecule has 5 rings (SSSR count). The average molecular weight is 459 g/mol. The highest BCUT2D eigenvalue weighted by Gasteiger charge is 2.35. The summed E-state index contributed by atoms with van der Waals surface area (Å²) >= 11 is 0. The van der Waals surface area contributed by atoms with Crippen LogP contribution in [0.4, 0.5) is 0 Å². The Labute approximate surface area is 207 Å². The van der Waals surface area contributed by atoms with Gasteiger partial charge in [0.2, 0.25) is 0 Å². The summed E-state index contributed by atoms with van der Waals surface area (Å²) in [7, 11) is 0. The number of allylic oxidation sites excluding steroid dienone is 4. The number of benzene rings is 4. The lowest BCUT2D eigenvalue weighted by atomic mass is 9.65. The summed E-state index contributed by atoms with van der Waals surface area (Å²) in [6.45, 7) is 4.53. The smallest absolute Gasteiger partial charge is 0.123 e.